The number of hydrogen-bond donors (Lipinski definition) is 2. The molecule has 1 aromatic carbocycles. The molecule has 5 nitrogen and oxygen atoms in total. The summed E-state index contributed by atoms with van der Waals surface area (Å²) < 4.78 is 5.14. The summed E-state index contributed by atoms with van der Waals surface area (Å²) >= 11 is 0. The quantitative estimate of drug-likeness (QED) is 0.671. The van der Waals surface area contributed by atoms with Crippen molar-refractivity contribution in [2.45, 2.75) is 13.8 Å². The van der Waals surface area contributed by atoms with E-state index >= 15 is 0 Å². The van der Waals surface area contributed by atoms with Crippen LogP contribution in [0.5, 0.6) is 0 Å². The van der Waals surface area contributed by atoms with Gasteiger partial charge in [0.1, 0.15) is 5.76 Å². The van der Waals surface area contributed by atoms with E-state index in [-0.39, 0.29) is 5.69 Å². The molecular weight excluding hydrogens is 218 g/mol. The first-order valence-corrected chi connectivity index (χ1v) is 5.30. The minimum Gasteiger partial charge on any atom is -0.361 e. The number of nitrogens with zero attached hydrogens (tertiary/aromatic N) is 1. The maximum atomic E-state index is 11.2. The second-order valence-electron chi connectivity index (χ2n) is 4.04. The van der Waals surface area contributed by atoms with E-state index in [2.05, 4.69) is 15.1 Å². The van der Waals surface area contributed by atoms with Crippen molar-refractivity contribution in [2.75, 3.05) is 0 Å². The van der Waals surface area contributed by atoms with Crippen LogP contribution in [0.1, 0.15) is 11.5 Å². The van der Waals surface area contributed by atoms with Crippen LogP contribution in [0.25, 0.3) is 22.2 Å². The first-order valence-electron chi connectivity index (χ1n) is 5.30. The fourth-order valence-electron chi connectivity index (χ4n) is 2.08. The van der Waals surface area contributed by atoms with Gasteiger partial charge in [-0.15, -0.1) is 0 Å². The van der Waals surface area contributed by atoms with Crippen molar-refractivity contribution >= 4 is 11.0 Å². The highest BCUT2D eigenvalue weighted by atomic mass is 16.5. The van der Waals surface area contributed by atoms with Crippen molar-refractivity contribution in [3.63, 3.8) is 0 Å². The van der Waals surface area contributed by atoms with Gasteiger partial charge < -0.3 is 14.5 Å². The van der Waals surface area contributed by atoms with Gasteiger partial charge in [-0.05, 0) is 31.5 Å². The maximum absolute atomic E-state index is 11.2. The van der Waals surface area contributed by atoms with Crippen LogP contribution < -0.4 is 5.69 Å². The smallest absolute Gasteiger partial charge is 0.323 e. The number of benzene rings is 1. The summed E-state index contributed by atoms with van der Waals surface area (Å²) in [5.41, 5.74) is 4.20. The number of aryl methyl sites for hydroxylation is 2. The second kappa shape index (κ2) is 3.35. The Bertz CT molecular complexity index is 729. The van der Waals surface area contributed by atoms with Crippen LogP contribution in [-0.2, 0) is 0 Å². The van der Waals surface area contributed by atoms with Gasteiger partial charge in [0.15, 0.2) is 0 Å². The minimum absolute atomic E-state index is 0.198. The monoisotopic (exact) mass is 229 g/mol. The van der Waals surface area contributed by atoms with Crippen LogP contribution in [-0.4, -0.2) is 15.1 Å². The van der Waals surface area contributed by atoms with E-state index in [1.165, 1.54) is 0 Å². The molecule has 0 saturated heterocycles. The average molecular weight is 229 g/mol. The third-order valence-electron chi connectivity index (χ3n) is 2.84. The number of rotatable bonds is 1. The number of imidazole rings is 1. The van der Waals surface area contributed by atoms with Crippen LogP contribution >= 0.6 is 0 Å². The molecule has 0 aliphatic heterocycles. The van der Waals surface area contributed by atoms with Crippen molar-refractivity contribution in [1.82, 2.24) is 15.1 Å². The largest absolute Gasteiger partial charge is 0.361 e. The fraction of sp³-hybridized carbons (Fsp3) is 0.167. The summed E-state index contributed by atoms with van der Waals surface area (Å²) in [5, 5.41) is 3.92. The van der Waals surface area contributed by atoms with Crippen molar-refractivity contribution in [3.05, 3.63) is 40.1 Å². The lowest BCUT2D eigenvalue weighted by Gasteiger charge is -1.99. The summed E-state index contributed by atoms with van der Waals surface area (Å²) in [5.74, 6) is 0.778. The van der Waals surface area contributed by atoms with E-state index in [1.54, 1.807) is 0 Å². The lowest BCUT2D eigenvalue weighted by molar-refractivity contribution is 0.393. The van der Waals surface area contributed by atoms with Crippen LogP contribution in [0.15, 0.2) is 27.5 Å². The van der Waals surface area contributed by atoms with Crippen LogP contribution in [0.2, 0.25) is 0 Å². The number of nitrogens with one attached hydrogen (secondary N) is 2. The van der Waals surface area contributed by atoms with E-state index in [4.69, 9.17) is 4.52 Å². The third kappa shape index (κ3) is 1.47. The lowest BCUT2D eigenvalue weighted by atomic mass is 10.0. The zero-order valence-corrected chi connectivity index (χ0v) is 9.50. The van der Waals surface area contributed by atoms with E-state index in [1.807, 2.05) is 32.0 Å². The third-order valence-corrected chi connectivity index (χ3v) is 2.84. The SMILES string of the molecule is Cc1noc(C)c1-c1ccc2[nH]c(=O)[nH]c2c1. The molecule has 2 aromatic heterocycles. The Labute approximate surface area is 96.5 Å². The van der Waals surface area contributed by atoms with Crippen molar-refractivity contribution in [3.8, 4) is 11.1 Å². The van der Waals surface area contributed by atoms with E-state index in [9.17, 15) is 4.79 Å². The Morgan fingerprint density at radius 1 is 1.18 bits per heavy atom. The predicted molar refractivity (Wildman–Crippen MR) is 63.9 cm³/mol. The number of aromatic amines is 2. The Morgan fingerprint density at radius 2 is 1.94 bits per heavy atom. The summed E-state index contributed by atoms with van der Waals surface area (Å²) in [6.07, 6.45) is 0. The van der Waals surface area contributed by atoms with Gasteiger partial charge in [0, 0.05) is 5.56 Å². The molecule has 0 fully saturated rings. The Balaban J connectivity index is 2.27. The molecule has 17 heavy (non-hydrogen) atoms. The van der Waals surface area contributed by atoms with Crippen LogP contribution in [0.4, 0.5) is 0 Å². The topological polar surface area (TPSA) is 74.7 Å². The molecule has 3 aromatic rings. The van der Waals surface area contributed by atoms with E-state index in [0.29, 0.717) is 0 Å². The van der Waals surface area contributed by atoms with Gasteiger partial charge >= 0.3 is 5.69 Å². The molecule has 5 heteroatoms. The highest BCUT2D eigenvalue weighted by molar-refractivity contribution is 5.82. The molecule has 3 rings (SSSR count). The summed E-state index contributed by atoms with van der Waals surface area (Å²) in [6.45, 7) is 3.77. The van der Waals surface area contributed by atoms with Gasteiger partial charge in [0.2, 0.25) is 0 Å². The summed E-state index contributed by atoms with van der Waals surface area (Å²) in [6, 6.07) is 5.73. The number of aromatic nitrogens is 3. The lowest BCUT2D eigenvalue weighted by Crippen LogP contribution is -1.99. The van der Waals surface area contributed by atoms with E-state index in [0.717, 1.165) is 33.6 Å². The Morgan fingerprint density at radius 3 is 2.65 bits per heavy atom. The van der Waals surface area contributed by atoms with Crippen LogP contribution in [0.3, 0.4) is 0 Å². The van der Waals surface area contributed by atoms with Gasteiger partial charge in [0.25, 0.3) is 0 Å². The first kappa shape index (κ1) is 9.89. The normalized spacial score (nSPS) is 11.2. The van der Waals surface area contributed by atoms with Crippen molar-refractivity contribution in [2.24, 2.45) is 0 Å². The highest BCUT2D eigenvalue weighted by Crippen LogP contribution is 2.28. The van der Waals surface area contributed by atoms with Gasteiger partial charge in [0.05, 0.1) is 16.7 Å². The van der Waals surface area contributed by atoms with E-state index < -0.39 is 0 Å². The van der Waals surface area contributed by atoms with Crippen molar-refractivity contribution in [1.29, 1.82) is 0 Å². The molecule has 0 unspecified atom stereocenters. The molecule has 0 spiro atoms. The molecule has 0 amide bonds. The maximum Gasteiger partial charge on any atom is 0.323 e. The van der Waals surface area contributed by atoms with Gasteiger partial charge in [-0.25, -0.2) is 4.79 Å². The summed E-state index contributed by atoms with van der Waals surface area (Å²) in [4.78, 5) is 16.6. The molecule has 0 saturated carbocycles. The molecule has 86 valence electrons. The highest BCUT2D eigenvalue weighted by Gasteiger charge is 2.12. The first-order chi connectivity index (χ1) is 8.15. The van der Waals surface area contributed by atoms with Gasteiger partial charge in [-0.1, -0.05) is 11.2 Å². The molecule has 2 heterocycles. The van der Waals surface area contributed by atoms with Gasteiger partial charge in [-0.3, -0.25) is 0 Å². The average Bonchev–Trinajstić information content (AvgIpc) is 2.80. The number of fused-ring (bicyclic) bond motifs is 1. The fourth-order valence-corrected chi connectivity index (χ4v) is 2.08. The number of hydrogen-bond acceptors (Lipinski definition) is 3. The second-order valence-corrected chi connectivity index (χ2v) is 4.04. The molecule has 0 aliphatic rings. The standard InChI is InChI=1S/C12H11N3O2/c1-6-11(7(2)17-15-6)8-3-4-9-10(5-8)14-12(16)13-9/h3-5H,1-2H3,(H2,13,14,16). The Kier molecular flexibility index (Phi) is 1.95. The minimum atomic E-state index is -0.198. The molecule has 0 atom stereocenters. The molecule has 0 bridgehead atoms. The van der Waals surface area contributed by atoms with Crippen LogP contribution in [0, 0.1) is 13.8 Å². The predicted octanol–water partition coefficient (Wildman–Crippen LogP) is 2.13. The van der Waals surface area contributed by atoms with Gasteiger partial charge in [-0.2, -0.15) is 0 Å². The molecule has 2 N–H and O–H groups in total. The van der Waals surface area contributed by atoms with Crippen molar-refractivity contribution < 1.29 is 4.52 Å². The number of H-pyrrole nitrogens is 2. The summed E-state index contributed by atoms with van der Waals surface area (Å²) in [7, 11) is 0. The molecule has 0 radical (unpaired) electrons. The Hall–Kier alpha value is -2.30. The zero-order chi connectivity index (χ0) is 12.0. The molecule has 0 aliphatic carbocycles. The molecular formula is C12H11N3O2. The zero-order valence-electron chi connectivity index (χ0n) is 9.50.